The van der Waals surface area contributed by atoms with E-state index in [4.69, 9.17) is 0 Å². The number of hydrogen-bond donors (Lipinski definition) is 0. The van der Waals surface area contributed by atoms with Crippen LogP contribution in [0.4, 0.5) is 0 Å². The van der Waals surface area contributed by atoms with E-state index in [1.54, 1.807) is 4.68 Å². The van der Waals surface area contributed by atoms with Gasteiger partial charge in [-0.15, -0.1) is 5.10 Å². The molecule has 1 unspecified atom stereocenters. The third-order valence-electron chi connectivity index (χ3n) is 3.56. The SMILES string of the molecule is O=C(C(Cc1ccccc1)n1cnnn1)N1CCSCC1. The van der Waals surface area contributed by atoms with Crippen LogP contribution in [0.3, 0.4) is 0 Å². The van der Waals surface area contributed by atoms with Gasteiger partial charge in [-0.1, -0.05) is 30.3 Å². The second kappa shape index (κ2) is 6.71. The lowest BCUT2D eigenvalue weighted by molar-refractivity contribution is -0.134. The number of amides is 1. The number of tetrazole rings is 1. The minimum Gasteiger partial charge on any atom is -0.339 e. The molecule has 1 fully saturated rings. The molecule has 0 bridgehead atoms. The Labute approximate surface area is 127 Å². The minimum atomic E-state index is -0.370. The summed E-state index contributed by atoms with van der Waals surface area (Å²) in [5, 5.41) is 11.3. The van der Waals surface area contributed by atoms with Gasteiger partial charge in [0.2, 0.25) is 5.91 Å². The monoisotopic (exact) mass is 303 g/mol. The van der Waals surface area contributed by atoms with Crippen LogP contribution in [0.15, 0.2) is 36.7 Å². The Hall–Kier alpha value is -1.89. The van der Waals surface area contributed by atoms with Crippen molar-refractivity contribution in [2.75, 3.05) is 24.6 Å². The highest BCUT2D eigenvalue weighted by molar-refractivity contribution is 7.99. The maximum absolute atomic E-state index is 12.8. The molecule has 110 valence electrons. The van der Waals surface area contributed by atoms with E-state index in [-0.39, 0.29) is 11.9 Å². The Morgan fingerprint density at radius 3 is 2.67 bits per heavy atom. The molecule has 2 heterocycles. The first kappa shape index (κ1) is 14.1. The summed E-state index contributed by atoms with van der Waals surface area (Å²) in [6.45, 7) is 1.60. The smallest absolute Gasteiger partial charge is 0.247 e. The molecule has 1 aromatic heterocycles. The van der Waals surface area contributed by atoms with Crippen LogP contribution in [-0.4, -0.2) is 55.6 Å². The molecule has 21 heavy (non-hydrogen) atoms. The van der Waals surface area contributed by atoms with Crippen molar-refractivity contribution in [3.8, 4) is 0 Å². The zero-order valence-corrected chi connectivity index (χ0v) is 12.4. The molecule has 0 radical (unpaired) electrons. The first-order valence-electron chi connectivity index (χ1n) is 6.97. The van der Waals surface area contributed by atoms with Crippen LogP contribution in [0, 0.1) is 0 Å². The molecule has 1 saturated heterocycles. The zero-order valence-electron chi connectivity index (χ0n) is 11.6. The number of carbonyl (C=O) groups is 1. The molecule has 1 amide bonds. The standard InChI is InChI=1S/C14H17N5OS/c20-14(18-6-8-21-9-7-18)13(19-11-15-16-17-19)10-12-4-2-1-3-5-12/h1-5,11,13H,6-10H2. The van der Waals surface area contributed by atoms with E-state index in [0.29, 0.717) is 6.42 Å². The molecule has 1 atom stereocenters. The predicted molar refractivity (Wildman–Crippen MR) is 80.9 cm³/mol. The molecule has 1 aromatic carbocycles. The van der Waals surface area contributed by atoms with Gasteiger partial charge in [-0.25, -0.2) is 4.68 Å². The quantitative estimate of drug-likeness (QED) is 0.844. The second-order valence-electron chi connectivity index (χ2n) is 4.93. The van der Waals surface area contributed by atoms with E-state index in [0.717, 1.165) is 30.2 Å². The van der Waals surface area contributed by atoms with Crippen molar-refractivity contribution in [1.82, 2.24) is 25.1 Å². The number of benzene rings is 1. The van der Waals surface area contributed by atoms with Gasteiger partial charge in [-0.2, -0.15) is 11.8 Å². The highest BCUT2D eigenvalue weighted by Gasteiger charge is 2.28. The molecule has 0 N–H and O–H groups in total. The van der Waals surface area contributed by atoms with Gasteiger partial charge in [-0.05, 0) is 16.0 Å². The number of rotatable bonds is 4. The summed E-state index contributed by atoms with van der Waals surface area (Å²) >= 11 is 1.89. The largest absolute Gasteiger partial charge is 0.339 e. The van der Waals surface area contributed by atoms with Gasteiger partial charge in [0.15, 0.2) is 0 Å². The van der Waals surface area contributed by atoms with Crippen LogP contribution >= 0.6 is 11.8 Å². The Bertz CT molecular complexity index is 568. The summed E-state index contributed by atoms with van der Waals surface area (Å²) in [5.41, 5.74) is 1.11. The van der Waals surface area contributed by atoms with E-state index >= 15 is 0 Å². The fraction of sp³-hybridized carbons (Fsp3) is 0.429. The summed E-state index contributed by atoms with van der Waals surface area (Å²) in [5.74, 6) is 2.10. The first-order chi connectivity index (χ1) is 10.3. The molecule has 2 aromatic rings. The average Bonchev–Trinajstić information content (AvgIpc) is 3.08. The van der Waals surface area contributed by atoms with E-state index in [1.807, 2.05) is 47.0 Å². The van der Waals surface area contributed by atoms with E-state index in [2.05, 4.69) is 15.5 Å². The number of carbonyl (C=O) groups excluding carboxylic acids is 1. The topological polar surface area (TPSA) is 63.9 Å². The predicted octanol–water partition coefficient (Wildman–Crippen LogP) is 1.03. The molecule has 3 rings (SSSR count). The zero-order chi connectivity index (χ0) is 14.5. The summed E-state index contributed by atoms with van der Waals surface area (Å²) in [4.78, 5) is 14.7. The van der Waals surface area contributed by atoms with Crippen molar-refractivity contribution in [2.45, 2.75) is 12.5 Å². The highest BCUT2D eigenvalue weighted by atomic mass is 32.2. The third kappa shape index (κ3) is 3.41. The third-order valence-corrected chi connectivity index (χ3v) is 4.51. The van der Waals surface area contributed by atoms with Crippen LogP contribution < -0.4 is 0 Å². The lowest BCUT2D eigenvalue weighted by Gasteiger charge is -2.30. The highest BCUT2D eigenvalue weighted by Crippen LogP contribution is 2.19. The summed E-state index contributed by atoms with van der Waals surface area (Å²) in [6.07, 6.45) is 2.12. The van der Waals surface area contributed by atoms with Gasteiger partial charge in [0.05, 0.1) is 0 Å². The second-order valence-corrected chi connectivity index (χ2v) is 6.16. The number of hydrogen-bond acceptors (Lipinski definition) is 5. The maximum atomic E-state index is 12.8. The fourth-order valence-corrected chi connectivity index (χ4v) is 3.34. The van der Waals surface area contributed by atoms with Gasteiger partial charge in [0, 0.05) is 31.0 Å². The number of aromatic nitrogens is 4. The Morgan fingerprint density at radius 2 is 2.00 bits per heavy atom. The normalized spacial score (nSPS) is 16.7. The van der Waals surface area contributed by atoms with Gasteiger partial charge in [0.25, 0.3) is 0 Å². The maximum Gasteiger partial charge on any atom is 0.247 e. The summed E-state index contributed by atoms with van der Waals surface area (Å²) in [7, 11) is 0. The van der Waals surface area contributed by atoms with Crippen LogP contribution in [0.1, 0.15) is 11.6 Å². The number of nitrogens with zero attached hydrogens (tertiary/aromatic N) is 5. The van der Waals surface area contributed by atoms with Gasteiger partial charge in [0.1, 0.15) is 12.4 Å². The van der Waals surface area contributed by atoms with Crippen molar-refractivity contribution in [3.63, 3.8) is 0 Å². The lowest BCUT2D eigenvalue weighted by Crippen LogP contribution is -2.43. The Balaban J connectivity index is 1.80. The van der Waals surface area contributed by atoms with Crippen LogP contribution in [0.2, 0.25) is 0 Å². The first-order valence-corrected chi connectivity index (χ1v) is 8.13. The Morgan fingerprint density at radius 1 is 1.24 bits per heavy atom. The van der Waals surface area contributed by atoms with E-state index in [1.165, 1.54) is 6.33 Å². The molecule has 7 heteroatoms. The van der Waals surface area contributed by atoms with Crippen molar-refractivity contribution in [2.24, 2.45) is 0 Å². The summed E-state index contributed by atoms with van der Waals surface area (Å²) in [6, 6.07) is 9.61. The molecule has 1 aliphatic rings. The van der Waals surface area contributed by atoms with Crippen LogP contribution in [-0.2, 0) is 11.2 Å². The Kier molecular flexibility index (Phi) is 4.49. The molecule has 0 saturated carbocycles. The van der Waals surface area contributed by atoms with Crippen LogP contribution in [0.5, 0.6) is 0 Å². The van der Waals surface area contributed by atoms with Crippen molar-refractivity contribution in [3.05, 3.63) is 42.2 Å². The van der Waals surface area contributed by atoms with Crippen molar-refractivity contribution >= 4 is 17.7 Å². The van der Waals surface area contributed by atoms with E-state index in [9.17, 15) is 4.79 Å². The molecule has 0 spiro atoms. The van der Waals surface area contributed by atoms with Crippen LogP contribution in [0.25, 0.3) is 0 Å². The fourth-order valence-electron chi connectivity index (χ4n) is 2.44. The van der Waals surface area contributed by atoms with Crippen molar-refractivity contribution in [1.29, 1.82) is 0 Å². The van der Waals surface area contributed by atoms with Gasteiger partial charge < -0.3 is 4.90 Å². The molecule has 6 nitrogen and oxygen atoms in total. The van der Waals surface area contributed by atoms with Gasteiger partial charge >= 0.3 is 0 Å². The molecular formula is C14H17N5OS. The molecular weight excluding hydrogens is 286 g/mol. The summed E-state index contributed by atoms with van der Waals surface area (Å²) < 4.78 is 1.57. The number of thioether (sulfide) groups is 1. The molecule has 1 aliphatic heterocycles. The van der Waals surface area contributed by atoms with Crippen molar-refractivity contribution < 1.29 is 4.79 Å². The average molecular weight is 303 g/mol. The minimum absolute atomic E-state index is 0.103. The lowest BCUT2D eigenvalue weighted by atomic mass is 10.0. The van der Waals surface area contributed by atoms with E-state index < -0.39 is 0 Å². The molecule has 0 aliphatic carbocycles. The van der Waals surface area contributed by atoms with Gasteiger partial charge in [-0.3, -0.25) is 4.79 Å².